The molecule has 0 spiro atoms. The van der Waals surface area contributed by atoms with Crippen molar-refractivity contribution in [1.82, 2.24) is 9.88 Å². The van der Waals surface area contributed by atoms with Crippen molar-refractivity contribution < 1.29 is 4.79 Å². The number of hydrogen-bond donors (Lipinski definition) is 1. The number of anilines is 2. The first-order valence-corrected chi connectivity index (χ1v) is 6.14. The maximum atomic E-state index is 11.8. The maximum absolute atomic E-state index is 11.8. The maximum Gasteiger partial charge on any atom is 0.241 e. The molecule has 100 valence electrons. The number of pyridine rings is 1. The van der Waals surface area contributed by atoms with Crippen LogP contribution in [-0.4, -0.2) is 43.0 Å². The molecule has 1 aromatic rings. The number of hydrogen-bond acceptors (Lipinski definition) is 4. The highest BCUT2D eigenvalue weighted by molar-refractivity contribution is 5.82. The minimum Gasteiger partial charge on any atom is -0.396 e. The zero-order chi connectivity index (χ0) is 13.7. The summed E-state index contributed by atoms with van der Waals surface area (Å²) in [5.41, 5.74) is 7.46. The number of nitrogen functional groups attached to an aromatic ring is 1. The van der Waals surface area contributed by atoms with Gasteiger partial charge in [0.05, 0.1) is 12.2 Å². The van der Waals surface area contributed by atoms with Crippen molar-refractivity contribution in [3.8, 4) is 0 Å². The zero-order valence-electron chi connectivity index (χ0n) is 11.6. The number of rotatable bonds is 5. The predicted molar refractivity (Wildman–Crippen MR) is 74.6 cm³/mol. The first-order chi connectivity index (χ1) is 8.45. The van der Waals surface area contributed by atoms with Gasteiger partial charge in [-0.2, -0.15) is 0 Å². The number of nitrogens with zero attached hydrogens (tertiary/aromatic N) is 3. The molecule has 0 atom stereocenters. The van der Waals surface area contributed by atoms with Crippen LogP contribution in [0.4, 0.5) is 11.5 Å². The van der Waals surface area contributed by atoms with Crippen LogP contribution in [0.3, 0.4) is 0 Å². The van der Waals surface area contributed by atoms with Crippen molar-refractivity contribution in [3.63, 3.8) is 0 Å². The van der Waals surface area contributed by atoms with E-state index in [4.69, 9.17) is 5.73 Å². The summed E-state index contributed by atoms with van der Waals surface area (Å²) in [6.07, 6.45) is 0.940. The molecule has 18 heavy (non-hydrogen) atoms. The highest BCUT2D eigenvalue weighted by Gasteiger charge is 2.15. The molecule has 1 amide bonds. The van der Waals surface area contributed by atoms with Gasteiger partial charge >= 0.3 is 0 Å². The van der Waals surface area contributed by atoms with Crippen LogP contribution in [0.1, 0.15) is 19.0 Å². The summed E-state index contributed by atoms with van der Waals surface area (Å²) in [5, 5.41) is 0. The monoisotopic (exact) mass is 250 g/mol. The Bertz CT molecular complexity index is 417. The van der Waals surface area contributed by atoms with Crippen LogP contribution in [0.25, 0.3) is 0 Å². The van der Waals surface area contributed by atoms with E-state index in [2.05, 4.69) is 11.9 Å². The molecule has 5 nitrogen and oxygen atoms in total. The average molecular weight is 250 g/mol. The van der Waals surface area contributed by atoms with E-state index >= 15 is 0 Å². The normalized spacial score (nSPS) is 10.2. The SMILES string of the molecule is CCCN(CC(=O)N(C)C)c1nc(C)ccc1N. The smallest absolute Gasteiger partial charge is 0.241 e. The quantitative estimate of drug-likeness (QED) is 0.855. The number of carbonyl (C=O) groups excluding carboxylic acids is 1. The Labute approximate surface area is 109 Å². The van der Waals surface area contributed by atoms with Crippen LogP contribution >= 0.6 is 0 Å². The summed E-state index contributed by atoms with van der Waals surface area (Å²) in [6.45, 7) is 5.06. The topological polar surface area (TPSA) is 62.5 Å². The minimum atomic E-state index is 0.0474. The molecule has 0 aliphatic rings. The molecule has 0 bridgehead atoms. The lowest BCUT2D eigenvalue weighted by atomic mass is 10.3. The molecule has 1 rings (SSSR count). The van der Waals surface area contributed by atoms with E-state index in [0.29, 0.717) is 18.1 Å². The van der Waals surface area contributed by atoms with Crippen LogP contribution in [0.2, 0.25) is 0 Å². The molecule has 0 aliphatic heterocycles. The molecule has 0 saturated heterocycles. The number of aromatic nitrogens is 1. The number of carbonyl (C=O) groups is 1. The average Bonchev–Trinajstić information content (AvgIpc) is 2.31. The van der Waals surface area contributed by atoms with E-state index in [-0.39, 0.29) is 5.91 Å². The van der Waals surface area contributed by atoms with Gasteiger partial charge in [0.15, 0.2) is 5.82 Å². The van der Waals surface area contributed by atoms with Gasteiger partial charge < -0.3 is 15.5 Å². The summed E-state index contributed by atoms with van der Waals surface area (Å²) in [4.78, 5) is 19.8. The Kier molecular flexibility index (Phi) is 4.95. The predicted octanol–water partition coefficient (Wildman–Crippen LogP) is 1.28. The summed E-state index contributed by atoms with van der Waals surface area (Å²) in [6, 6.07) is 3.71. The van der Waals surface area contributed by atoms with Crippen molar-refractivity contribution in [1.29, 1.82) is 0 Å². The summed E-state index contributed by atoms with van der Waals surface area (Å²) in [7, 11) is 3.50. The third kappa shape index (κ3) is 3.61. The molecule has 0 radical (unpaired) electrons. The molecule has 5 heteroatoms. The zero-order valence-corrected chi connectivity index (χ0v) is 11.6. The lowest BCUT2D eigenvalue weighted by molar-refractivity contribution is -0.127. The van der Waals surface area contributed by atoms with Crippen molar-refractivity contribution in [2.45, 2.75) is 20.3 Å². The van der Waals surface area contributed by atoms with Gasteiger partial charge in [-0.3, -0.25) is 4.79 Å². The molecule has 0 aromatic carbocycles. The minimum absolute atomic E-state index is 0.0474. The van der Waals surface area contributed by atoms with Crippen LogP contribution < -0.4 is 10.6 Å². The largest absolute Gasteiger partial charge is 0.396 e. The van der Waals surface area contributed by atoms with Crippen molar-refractivity contribution >= 4 is 17.4 Å². The molecule has 1 heterocycles. The van der Waals surface area contributed by atoms with E-state index in [1.807, 2.05) is 24.0 Å². The summed E-state index contributed by atoms with van der Waals surface area (Å²) < 4.78 is 0. The van der Waals surface area contributed by atoms with Crippen molar-refractivity contribution in [2.24, 2.45) is 0 Å². The standard InChI is InChI=1S/C13H22N4O/c1-5-8-17(9-12(18)16(3)4)13-11(14)7-6-10(2)15-13/h6-7H,5,8-9,14H2,1-4H3. The van der Waals surface area contributed by atoms with Crippen LogP contribution in [-0.2, 0) is 4.79 Å². The Morgan fingerprint density at radius 3 is 2.61 bits per heavy atom. The molecule has 2 N–H and O–H groups in total. The van der Waals surface area contributed by atoms with Gasteiger partial charge in [0.1, 0.15) is 0 Å². The number of nitrogens with two attached hydrogens (primary N) is 1. The fourth-order valence-electron chi connectivity index (χ4n) is 1.64. The Balaban J connectivity index is 2.96. The third-order valence-corrected chi connectivity index (χ3v) is 2.66. The van der Waals surface area contributed by atoms with Gasteiger partial charge in [-0.25, -0.2) is 4.98 Å². The van der Waals surface area contributed by atoms with Crippen LogP contribution in [0.5, 0.6) is 0 Å². The summed E-state index contributed by atoms with van der Waals surface area (Å²) >= 11 is 0. The molecule has 1 aromatic heterocycles. The summed E-state index contributed by atoms with van der Waals surface area (Å²) in [5.74, 6) is 0.748. The van der Waals surface area contributed by atoms with Crippen LogP contribution in [0.15, 0.2) is 12.1 Å². The second-order valence-electron chi connectivity index (χ2n) is 4.58. The van der Waals surface area contributed by atoms with Gasteiger partial charge in [-0.1, -0.05) is 6.92 Å². The van der Waals surface area contributed by atoms with Gasteiger partial charge in [0.2, 0.25) is 5.91 Å². The fraction of sp³-hybridized carbons (Fsp3) is 0.538. The third-order valence-electron chi connectivity index (χ3n) is 2.66. The van der Waals surface area contributed by atoms with E-state index in [0.717, 1.165) is 18.7 Å². The molecule has 0 saturated carbocycles. The van der Waals surface area contributed by atoms with Gasteiger partial charge in [-0.15, -0.1) is 0 Å². The highest BCUT2D eigenvalue weighted by Crippen LogP contribution is 2.20. The fourth-order valence-corrected chi connectivity index (χ4v) is 1.64. The first kappa shape index (κ1) is 14.3. The first-order valence-electron chi connectivity index (χ1n) is 6.14. The Morgan fingerprint density at radius 1 is 1.39 bits per heavy atom. The van der Waals surface area contributed by atoms with Crippen LogP contribution in [0, 0.1) is 6.92 Å². The van der Waals surface area contributed by atoms with E-state index in [1.165, 1.54) is 0 Å². The Hall–Kier alpha value is -1.78. The van der Waals surface area contributed by atoms with Crippen molar-refractivity contribution in [3.05, 3.63) is 17.8 Å². The van der Waals surface area contributed by atoms with Gasteiger partial charge in [-0.05, 0) is 25.5 Å². The number of amides is 1. The second-order valence-corrected chi connectivity index (χ2v) is 4.58. The van der Waals surface area contributed by atoms with E-state index < -0.39 is 0 Å². The molecule has 0 aliphatic carbocycles. The lowest BCUT2D eigenvalue weighted by Crippen LogP contribution is -2.38. The van der Waals surface area contributed by atoms with Gasteiger partial charge in [0, 0.05) is 26.3 Å². The molecular weight excluding hydrogens is 228 g/mol. The lowest BCUT2D eigenvalue weighted by Gasteiger charge is -2.25. The van der Waals surface area contributed by atoms with Crippen molar-refractivity contribution in [2.75, 3.05) is 37.8 Å². The molecule has 0 unspecified atom stereocenters. The number of aryl methyl sites for hydroxylation is 1. The highest BCUT2D eigenvalue weighted by atomic mass is 16.2. The van der Waals surface area contributed by atoms with E-state index in [9.17, 15) is 4.79 Å². The molecule has 0 fully saturated rings. The van der Waals surface area contributed by atoms with Gasteiger partial charge in [0.25, 0.3) is 0 Å². The number of likely N-dealkylation sites (N-methyl/N-ethyl adjacent to an activating group) is 1. The second kappa shape index (κ2) is 6.23. The molecular formula is C13H22N4O. The van der Waals surface area contributed by atoms with E-state index in [1.54, 1.807) is 19.0 Å². The Morgan fingerprint density at radius 2 is 2.06 bits per heavy atom.